The van der Waals surface area contributed by atoms with Crippen molar-refractivity contribution in [2.75, 3.05) is 17.9 Å². The van der Waals surface area contributed by atoms with Gasteiger partial charge in [0.05, 0.1) is 21.5 Å². The smallest absolute Gasteiger partial charge is 0.261 e. The molecule has 7 nitrogen and oxygen atoms in total. The fourth-order valence-corrected chi connectivity index (χ4v) is 4.63. The molecule has 2 N–H and O–H groups in total. The van der Waals surface area contributed by atoms with E-state index in [4.69, 9.17) is 21.1 Å². The van der Waals surface area contributed by atoms with Gasteiger partial charge in [0.25, 0.3) is 15.9 Å². The highest BCUT2D eigenvalue weighted by Gasteiger charge is 2.20. The molecule has 0 spiro atoms. The molecule has 1 aliphatic rings. The van der Waals surface area contributed by atoms with E-state index in [1.54, 1.807) is 18.2 Å². The lowest BCUT2D eigenvalue weighted by atomic mass is 10.1. The second-order valence-corrected chi connectivity index (χ2v) is 9.80. The van der Waals surface area contributed by atoms with E-state index in [0.717, 1.165) is 11.1 Å². The van der Waals surface area contributed by atoms with E-state index in [0.29, 0.717) is 24.7 Å². The minimum absolute atomic E-state index is 0.126. The van der Waals surface area contributed by atoms with Gasteiger partial charge in [-0.05, 0) is 61.9 Å². The van der Waals surface area contributed by atoms with Crippen LogP contribution in [-0.2, 0) is 10.0 Å². The number of carbonyl (C=O) groups excluding carboxylic acids is 1. The minimum Gasteiger partial charge on any atom is -0.486 e. The molecule has 0 aromatic heterocycles. The lowest BCUT2D eigenvalue weighted by molar-refractivity contribution is 0.0940. The maximum atomic E-state index is 12.9. The lowest BCUT2D eigenvalue weighted by Gasteiger charge is -2.21. The van der Waals surface area contributed by atoms with Crippen molar-refractivity contribution in [3.8, 4) is 11.5 Å². The van der Waals surface area contributed by atoms with E-state index in [-0.39, 0.29) is 27.2 Å². The lowest BCUT2D eigenvalue weighted by Crippen LogP contribution is -2.27. The molecule has 1 heterocycles. The van der Waals surface area contributed by atoms with Crippen molar-refractivity contribution in [3.63, 3.8) is 0 Å². The molecule has 0 unspecified atom stereocenters. The summed E-state index contributed by atoms with van der Waals surface area (Å²) in [5, 5.41) is 3.10. The zero-order valence-corrected chi connectivity index (χ0v) is 19.7. The third-order valence-electron chi connectivity index (χ3n) is 5.21. The maximum Gasteiger partial charge on any atom is 0.261 e. The molecule has 1 atom stereocenters. The van der Waals surface area contributed by atoms with Crippen molar-refractivity contribution < 1.29 is 22.7 Å². The van der Waals surface area contributed by atoms with Crippen molar-refractivity contribution in [1.82, 2.24) is 5.32 Å². The predicted molar refractivity (Wildman–Crippen MR) is 127 cm³/mol. The Kier molecular flexibility index (Phi) is 6.49. The van der Waals surface area contributed by atoms with Crippen LogP contribution in [0.15, 0.2) is 65.6 Å². The number of aryl methyl sites for hydroxylation is 1. The van der Waals surface area contributed by atoms with Crippen LogP contribution in [0, 0.1) is 6.92 Å². The Morgan fingerprint density at radius 3 is 2.39 bits per heavy atom. The first kappa shape index (κ1) is 22.9. The quantitative estimate of drug-likeness (QED) is 0.526. The van der Waals surface area contributed by atoms with Gasteiger partial charge in [-0.3, -0.25) is 9.52 Å². The second-order valence-electron chi connectivity index (χ2n) is 7.71. The van der Waals surface area contributed by atoms with Crippen molar-refractivity contribution in [3.05, 3.63) is 82.4 Å². The molecule has 0 fully saturated rings. The number of anilines is 1. The molecule has 33 heavy (non-hydrogen) atoms. The number of carbonyl (C=O) groups is 1. The van der Waals surface area contributed by atoms with Gasteiger partial charge in [0.15, 0.2) is 11.5 Å². The highest BCUT2D eigenvalue weighted by atomic mass is 35.5. The number of halogens is 1. The van der Waals surface area contributed by atoms with Gasteiger partial charge in [0.2, 0.25) is 0 Å². The minimum atomic E-state index is -3.81. The van der Waals surface area contributed by atoms with Crippen LogP contribution in [0.1, 0.15) is 34.5 Å². The van der Waals surface area contributed by atoms with E-state index in [9.17, 15) is 13.2 Å². The topological polar surface area (TPSA) is 93.7 Å². The molecule has 1 amide bonds. The third-order valence-corrected chi connectivity index (χ3v) is 6.94. The Morgan fingerprint density at radius 1 is 0.970 bits per heavy atom. The number of benzene rings is 3. The summed E-state index contributed by atoms with van der Waals surface area (Å²) in [5.41, 5.74) is 2.17. The van der Waals surface area contributed by atoms with Crippen LogP contribution in [0.2, 0.25) is 5.02 Å². The normalized spacial score (nSPS) is 13.8. The molecule has 9 heteroatoms. The van der Waals surface area contributed by atoms with Crippen molar-refractivity contribution >= 4 is 33.2 Å². The van der Waals surface area contributed by atoms with Crippen LogP contribution < -0.4 is 19.5 Å². The Morgan fingerprint density at radius 2 is 1.67 bits per heavy atom. The summed E-state index contributed by atoms with van der Waals surface area (Å²) in [6.45, 7) is 4.68. The molecule has 0 aliphatic carbocycles. The number of sulfonamides is 1. The molecule has 0 saturated heterocycles. The zero-order chi connectivity index (χ0) is 23.6. The monoisotopic (exact) mass is 486 g/mol. The molecular formula is C24H23ClN2O5S. The van der Waals surface area contributed by atoms with E-state index < -0.39 is 15.9 Å². The highest BCUT2D eigenvalue weighted by molar-refractivity contribution is 7.92. The summed E-state index contributed by atoms with van der Waals surface area (Å²) in [4.78, 5) is 13.1. The van der Waals surface area contributed by atoms with Crippen LogP contribution in [0.25, 0.3) is 0 Å². The molecule has 3 aromatic carbocycles. The molecular weight excluding hydrogens is 464 g/mol. The number of ether oxygens (including phenoxy) is 2. The molecule has 4 rings (SSSR count). The Bertz CT molecular complexity index is 1290. The van der Waals surface area contributed by atoms with Gasteiger partial charge >= 0.3 is 0 Å². The van der Waals surface area contributed by atoms with Crippen LogP contribution >= 0.6 is 11.6 Å². The molecule has 172 valence electrons. The number of nitrogens with one attached hydrogen (secondary N) is 2. The standard InChI is InChI=1S/C24H23ClN2O5S/c1-15-3-7-19(8-4-15)33(29,30)27-18-6-9-21(25)20(14-18)24(28)26-16(2)17-5-10-22-23(13-17)32-12-11-31-22/h3-10,13-14,16,27H,11-12H2,1-2H3,(H,26,28)/t16-/m0/s1. The van der Waals surface area contributed by atoms with Gasteiger partial charge in [-0.1, -0.05) is 35.4 Å². The van der Waals surface area contributed by atoms with Gasteiger partial charge in [-0.25, -0.2) is 8.42 Å². The first-order valence-corrected chi connectivity index (χ1v) is 12.2. The Hall–Kier alpha value is -3.23. The molecule has 1 aliphatic heterocycles. The summed E-state index contributed by atoms with van der Waals surface area (Å²) < 4.78 is 39.0. The summed E-state index contributed by atoms with van der Waals surface area (Å²) >= 11 is 6.25. The second kappa shape index (κ2) is 9.33. The van der Waals surface area contributed by atoms with Gasteiger partial charge in [-0.2, -0.15) is 0 Å². The Labute approximate surface area is 197 Å². The van der Waals surface area contributed by atoms with Crippen molar-refractivity contribution in [2.45, 2.75) is 24.8 Å². The summed E-state index contributed by atoms with van der Waals surface area (Å²) in [6, 6.07) is 16.0. The van der Waals surface area contributed by atoms with Gasteiger partial charge in [0, 0.05) is 5.69 Å². The molecule has 0 saturated carbocycles. The van der Waals surface area contributed by atoms with Crippen molar-refractivity contribution in [1.29, 1.82) is 0 Å². The highest BCUT2D eigenvalue weighted by Crippen LogP contribution is 2.33. The average Bonchev–Trinajstić information content (AvgIpc) is 2.80. The SMILES string of the molecule is Cc1ccc(S(=O)(=O)Nc2ccc(Cl)c(C(=O)N[C@@H](C)c3ccc4c(c3)OCCO4)c2)cc1. The number of hydrogen-bond donors (Lipinski definition) is 2. The largest absolute Gasteiger partial charge is 0.486 e. The fraction of sp³-hybridized carbons (Fsp3) is 0.208. The molecule has 0 radical (unpaired) electrons. The first-order valence-electron chi connectivity index (χ1n) is 10.3. The number of rotatable bonds is 6. The van der Waals surface area contributed by atoms with Crippen LogP contribution in [0.5, 0.6) is 11.5 Å². The van der Waals surface area contributed by atoms with E-state index in [1.165, 1.54) is 30.3 Å². The van der Waals surface area contributed by atoms with E-state index in [1.807, 2.05) is 26.0 Å². The zero-order valence-electron chi connectivity index (χ0n) is 18.1. The van der Waals surface area contributed by atoms with Crippen LogP contribution in [-0.4, -0.2) is 27.5 Å². The van der Waals surface area contributed by atoms with E-state index >= 15 is 0 Å². The van der Waals surface area contributed by atoms with E-state index in [2.05, 4.69) is 10.0 Å². The number of amides is 1. The average molecular weight is 487 g/mol. The summed E-state index contributed by atoms with van der Waals surface area (Å²) in [6.07, 6.45) is 0. The van der Waals surface area contributed by atoms with Gasteiger partial charge in [0.1, 0.15) is 13.2 Å². The Balaban J connectivity index is 1.51. The summed E-state index contributed by atoms with van der Waals surface area (Å²) in [5.74, 6) is 0.865. The van der Waals surface area contributed by atoms with Gasteiger partial charge in [-0.15, -0.1) is 0 Å². The van der Waals surface area contributed by atoms with Crippen LogP contribution in [0.3, 0.4) is 0 Å². The first-order chi connectivity index (χ1) is 15.7. The summed E-state index contributed by atoms with van der Waals surface area (Å²) in [7, 11) is -3.81. The molecule has 3 aromatic rings. The number of fused-ring (bicyclic) bond motifs is 1. The van der Waals surface area contributed by atoms with Gasteiger partial charge < -0.3 is 14.8 Å². The third kappa shape index (κ3) is 5.23. The van der Waals surface area contributed by atoms with Crippen LogP contribution in [0.4, 0.5) is 5.69 Å². The predicted octanol–water partition coefficient (Wildman–Crippen LogP) is 4.71. The number of hydrogen-bond acceptors (Lipinski definition) is 5. The van der Waals surface area contributed by atoms with Crippen molar-refractivity contribution in [2.24, 2.45) is 0 Å². The maximum absolute atomic E-state index is 12.9. The fourth-order valence-electron chi connectivity index (χ4n) is 3.38. The molecule has 0 bridgehead atoms.